The molecule has 0 saturated heterocycles. The van der Waals surface area contributed by atoms with Crippen LogP contribution in [0.15, 0.2) is 54.2 Å². The third-order valence-electron chi connectivity index (χ3n) is 7.76. The molecule has 262 valence electrons. The number of aliphatic carboxylic acids is 1. The minimum absolute atomic E-state index is 0.0694. The summed E-state index contributed by atoms with van der Waals surface area (Å²) < 4.78 is 11.1. The number of allylic oxidation sites excluding steroid dienone is 2. The Labute approximate surface area is 277 Å². The Morgan fingerprint density at radius 2 is 1.89 bits per heavy atom. The number of quaternary nitrogens is 2. The smallest absolute Gasteiger partial charge is 0.405 e. The summed E-state index contributed by atoms with van der Waals surface area (Å²) in [6, 6.07) is 1.33. The van der Waals surface area contributed by atoms with E-state index in [4.69, 9.17) is 15.2 Å². The van der Waals surface area contributed by atoms with Crippen LogP contribution in [0.25, 0.3) is 0 Å². The topological polar surface area (TPSA) is 236 Å². The fourth-order valence-electron chi connectivity index (χ4n) is 5.27. The number of aliphatic hydroxyl groups is 1. The maximum Gasteiger partial charge on any atom is 0.405 e. The molecule has 0 fully saturated rings. The molecule has 11 N–H and O–H groups in total. The quantitative estimate of drug-likeness (QED) is 0.0951. The zero-order chi connectivity index (χ0) is 35.8. The Bertz CT molecular complexity index is 1320. The van der Waals surface area contributed by atoms with Crippen molar-refractivity contribution >= 4 is 29.3 Å². The first kappa shape index (κ1) is 40.9. The number of hydrogen-bond donors (Lipinski definition) is 7. The highest BCUT2D eigenvalue weighted by Crippen LogP contribution is 2.40. The number of nitrogens with two attached hydrogens (primary N) is 2. The van der Waals surface area contributed by atoms with Gasteiger partial charge in [0.15, 0.2) is 11.4 Å². The van der Waals surface area contributed by atoms with Gasteiger partial charge in [0.05, 0.1) is 36.5 Å². The van der Waals surface area contributed by atoms with Crippen LogP contribution in [0.5, 0.6) is 11.5 Å². The van der Waals surface area contributed by atoms with E-state index in [-0.39, 0.29) is 41.4 Å². The van der Waals surface area contributed by atoms with Crippen LogP contribution in [-0.2, 0) is 25.5 Å². The lowest BCUT2D eigenvalue weighted by molar-refractivity contribution is -0.562. The van der Waals surface area contributed by atoms with Crippen molar-refractivity contribution in [1.29, 1.82) is 0 Å². The first-order chi connectivity index (χ1) is 22.1. The molecule has 0 spiro atoms. The van der Waals surface area contributed by atoms with Crippen LogP contribution in [0.3, 0.4) is 0 Å². The number of anilines is 1. The van der Waals surface area contributed by atoms with Crippen molar-refractivity contribution in [3.05, 3.63) is 59.7 Å². The minimum Gasteiger partial charge on any atom is -0.550 e. The number of phenols is 2. The second kappa shape index (κ2) is 20.1. The number of primary amides is 1. The van der Waals surface area contributed by atoms with Gasteiger partial charge in [0, 0.05) is 43.0 Å². The van der Waals surface area contributed by atoms with Crippen molar-refractivity contribution in [2.75, 3.05) is 25.5 Å². The van der Waals surface area contributed by atoms with Gasteiger partial charge in [-0.05, 0) is 44.3 Å². The highest BCUT2D eigenvalue weighted by molar-refractivity contribution is 6.04. The van der Waals surface area contributed by atoms with Crippen molar-refractivity contribution in [2.24, 2.45) is 23.5 Å². The molecule has 0 aliphatic carbocycles. The molecular weight excluding hydrogens is 608 g/mol. The van der Waals surface area contributed by atoms with Crippen LogP contribution in [0.1, 0.15) is 53.0 Å². The molecule has 2 bridgehead atoms. The Morgan fingerprint density at radius 3 is 2.43 bits per heavy atom. The maximum absolute atomic E-state index is 13.0. The number of carboxylic acid groups (broad SMARTS) is 1. The summed E-state index contributed by atoms with van der Waals surface area (Å²) in [5.41, 5.74) is 10.7. The predicted octanol–water partition coefficient (Wildman–Crippen LogP) is 0.929. The molecule has 47 heavy (non-hydrogen) atoms. The van der Waals surface area contributed by atoms with Gasteiger partial charge in [0.2, 0.25) is 0 Å². The second-order valence-corrected chi connectivity index (χ2v) is 11.9. The van der Waals surface area contributed by atoms with Crippen molar-refractivity contribution in [3.63, 3.8) is 0 Å². The zero-order valence-corrected chi connectivity index (χ0v) is 28.3. The molecule has 1 aliphatic heterocycles. The van der Waals surface area contributed by atoms with Gasteiger partial charge in [-0.15, -0.1) is 0 Å². The molecule has 6 atom stereocenters. The lowest BCUT2D eigenvalue weighted by Crippen LogP contribution is -2.78. The van der Waals surface area contributed by atoms with Crippen LogP contribution in [0.2, 0.25) is 0 Å². The van der Waals surface area contributed by atoms with Gasteiger partial charge in [-0.25, -0.2) is 4.79 Å². The number of aliphatic hydroxyl groups excluding tert-OH is 1. The average molecular weight is 662 g/mol. The van der Waals surface area contributed by atoms with Crippen LogP contribution >= 0.6 is 0 Å². The number of carbonyl (C=O) groups is 3. The Kier molecular flexibility index (Phi) is 17.5. The fourth-order valence-corrected chi connectivity index (χ4v) is 5.27. The van der Waals surface area contributed by atoms with Gasteiger partial charge < -0.3 is 56.8 Å². The number of rotatable bonds is 7. The molecule has 2 rings (SSSR count). The van der Waals surface area contributed by atoms with Crippen LogP contribution in [0.4, 0.5) is 16.2 Å². The summed E-state index contributed by atoms with van der Waals surface area (Å²) >= 11 is 0. The normalized spacial score (nSPS) is 27.0. The van der Waals surface area contributed by atoms with Gasteiger partial charge >= 0.3 is 6.09 Å². The van der Waals surface area contributed by atoms with E-state index in [2.05, 4.69) is 17.6 Å². The molecule has 1 heterocycles. The lowest BCUT2D eigenvalue weighted by Gasteiger charge is -2.29. The zero-order valence-electron chi connectivity index (χ0n) is 28.3. The van der Waals surface area contributed by atoms with E-state index in [1.807, 2.05) is 33.8 Å². The third kappa shape index (κ3) is 13.2. The molecule has 1 aromatic rings. The largest absolute Gasteiger partial charge is 0.550 e. The molecule has 0 saturated carbocycles. The monoisotopic (exact) mass is 661 g/mol. The molecule has 13 nitrogen and oxygen atoms in total. The van der Waals surface area contributed by atoms with E-state index in [9.17, 15) is 34.8 Å². The van der Waals surface area contributed by atoms with Crippen LogP contribution < -0.4 is 27.2 Å². The average Bonchev–Trinajstić information content (AvgIpc) is 2.99. The third-order valence-corrected chi connectivity index (χ3v) is 7.76. The molecule has 1 aliphatic rings. The lowest BCUT2D eigenvalue weighted by atomic mass is 9.87. The number of amides is 2. The molecule has 0 unspecified atom stereocenters. The van der Waals surface area contributed by atoms with Crippen molar-refractivity contribution in [3.8, 4) is 11.5 Å². The highest BCUT2D eigenvalue weighted by Gasteiger charge is 2.30. The number of fused-ring (bicyclic) bond motifs is 2. The van der Waals surface area contributed by atoms with E-state index in [0.29, 0.717) is 48.3 Å². The van der Waals surface area contributed by atoms with Crippen molar-refractivity contribution < 1.29 is 55.3 Å². The summed E-state index contributed by atoms with van der Waals surface area (Å²) in [6.07, 6.45) is 6.39. The summed E-state index contributed by atoms with van der Waals surface area (Å²) in [5, 5.41) is 47.2. The standard InChI is InChI=1S/C31H45N3O7.C3H7NO2/c1-8-12-33-26-22-13-17(2)14-25(40-7)27(36)20(5)15-21(6)29(41-31(32)39)18(3)10-9-11-19(4)30(38)34-23(28(22)37)16-24(26)35;4-2-1-3(5)6/h8-11,15-18,20,25,27,29,33,35-37H,1,12-14H2,2-7H3,(H2,32,39)(H,34,38);1-2,4H2,(H,5,6)/p+1/b10-9-,19-11+,21-15+;/t17-,18+,20+,25+,27-,29-;/m1./s1. The number of phenolic OH excluding ortho intramolecular Hbond substituents is 2. The van der Waals surface area contributed by atoms with Gasteiger partial charge in [-0.3, -0.25) is 4.79 Å². The number of methoxy groups -OCH3 is 1. The van der Waals surface area contributed by atoms with E-state index >= 15 is 0 Å². The summed E-state index contributed by atoms with van der Waals surface area (Å²) in [6.45, 7) is 13.7. The number of ether oxygens (including phenoxy) is 2. The summed E-state index contributed by atoms with van der Waals surface area (Å²) in [5.74, 6) is -2.47. The molecular formula is C34H53N4O9+. The Hall–Kier alpha value is -4.17. The summed E-state index contributed by atoms with van der Waals surface area (Å²) in [4.78, 5) is 34.1. The molecule has 1 aromatic carbocycles. The first-order valence-corrected chi connectivity index (χ1v) is 15.6. The van der Waals surface area contributed by atoms with Gasteiger partial charge in [0.1, 0.15) is 11.9 Å². The molecule has 2 amide bonds. The number of aromatic hydroxyl groups is 2. The van der Waals surface area contributed by atoms with Gasteiger partial charge in [0.25, 0.3) is 5.91 Å². The first-order valence-electron chi connectivity index (χ1n) is 15.6. The molecule has 0 radical (unpaired) electrons. The Morgan fingerprint density at radius 1 is 1.23 bits per heavy atom. The second-order valence-electron chi connectivity index (χ2n) is 11.9. The van der Waals surface area contributed by atoms with Crippen LogP contribution in [-0.4, -0.2) is 71.8 Å². The number of carbonyl (C=O) groups excluding carboxylic acids is 3. The Balaban J connectivity index is 0.00000167. The van der Waals surface area contributed by atoms with E-state index in [0.717, 1.165) is 0 Å². The van der Waals surface area contributed by atoms with Crippen molar-refractivity contribution in [2.45, 2.75) is 72.2 Å². The van der Waals surface area contributed by atoms with Crippen LogP contribution in [0, 0.1) is 17.8 Å². The van der Waals surface area contributed by atoms with E-state index in [1.54, 1.807) is 36.5 Å². The van der Waals surface area contributed by atoms with Gasteiger partial charge in [-0.1, -0.05) is 51.7 Å². The number of hydrogen-bond acceptors (Lipinski definition) is 9. The highest BCUT2D eigenvalue weighted by atomic mass is 16.6. The minimum atomic E-state index is -1.02. The fraction of sp³-hybridized carbons (Fsp3) is 0.500. The number of nitrogens with one attached hydrogen (secondary N) is 1. The van der Waals surface area contributed by atoms with E-state index < -0.39 is 36.3 Å². The number of benzene rings is 1. The molecule has 0 aromatic heterocycles. The van der Waals surface area contributed by atoms with E-state index in [1.165, 1.54) is 13.2 Å². The molecule has 13 heteroatoms. The number of carboxylic acids is 1. The maximum atomic E-state index is 13.0. The van der Waals surface area contributed by atoms with Gasteiger partial charge in [-0.2, -0.15) is 0 Å². The van der Waals surface area contributed by atoms with Crippen molar-refractivity contribution in [1.82, 2.24) is 0 Å². The summed E-state index contributed by atoms with van der Waals surface area (Å²) in [7, 11) is 1.53. The predicted molar refractivity (Wildman–Crippen MR) is 176 cm³/mol. The SMILES string of the molecule is C=CC[NH2+]c1c(O)cc2c(O)c1C[C@@H](C)C[C@H](OC)[C@H](O)[C@@H](C)/C=C(\C)[C@H](OC(N)=O)[C@@H](C)/C=C\C=C(/C)C(=O)N2.[NH3+]CCC(=O)[O-].